The van der Waals surface area contributed by atoms with Crippen molar-refractivity contribution in [1.29, 1.82) is 0 Å². The summed E-state index contributed by atoms with van der Waals surface area (Å²) in [5, 5.41) is 15.5. The van der Waals surface area contributed by atoms with E-state index < -0.39 is 23.5 Å². The monoisotopic (exact) mass is 420 g/mol. The number of rotatable bonds is 3. The van der Waals surface area contributed by atoms with Gasteiger partial charge in [-0.15, -0.1) is 11.3 Å². The molecule has 1 atom stereocenters. The van der Waals surface area contributed by atoms with Crippen molar-refractivity contribution in [2.45, 2.75) is 12.2 Å². The van der Waals surface area contributed by atoms with Crippen molar-refractivity contribution < 1.29 is 18.3 Å². The van der Waals surface area contributed by atoms with Gasteiger partial charge >= 0.3 is 6.18 Å². The van der Waals surface area contributed by atoms with Crippen molar-refractivity contribution in [2.75, 3.05) is 26.2 Å². The van der Waals surface area contributed by atoms with Crippen LogP contribution in [0.3, 0.4) is 0 Å². The Hall–Kier alpha value is -1.09. The molecular weight excluding hydrogens is 405 g/mol. The highest BCUT2D eigenvalue weighted by Gasteiger charge is 2.37. The lowest BCUT2D eigenvalue weighted by atomic mass is 9.98. The third-order valence-electron chi connectivity index (χ3n) is 4.03. The van der Waals surface area contributed by atoms with Gasteiger partial charge in [-0.2, -0.15) is 13.2 Å². The average molecular weight is 421 g/mol. The zero-order chi connectivity index (χ0) is 17.3. The van der Waals surface area contributed by atoms with Crippen molar-refractivity contribution in [3.8, 4) is 5.75 Å². The van der Waals surface area contributed by atoms with Crippen molar-refractivity contribution >= 4 is 27.3 Å². The predicted octanol–water partition coefficient (Wildman–Crippen LogP) is 4.23. The molecule has 0 bridgehead atoms. The lowest BCUT2D eigenvalue weighted by Gasteiger charge is -2.35. The van der Waals surface area contributed by atoms with Gasteiger partial charge in [0.1, 0.15) is 5.75 Å². The van der Waals surface area contributed by atoms with Crippen LogP contribution in [0.5, 0.6) is 5.75 Å². The third-order valence-corrected chi connectivity index (χ3v) is 5.42. The normalized spacial score (nSPS) is 17.8. The van der Waals surface area contributed by atoms with E-state index in [1.165, 1.54) is 11.3 Å². The number of aromatic hydroxyl groups is 1. The first-order valence-corrected chi connectivity index (χ1v) is 9.13. The van der Waals surface area contributed by atoms with E-state index in [0.29, 0.717) is 17.6 Å². The van der Waals surface area contributed by atoms with Crippen LogP contribution in [0.1, 0.15) is 22.0 Å². The first-order valence-electron chi connectivity index (χ1n) is 7.45. The minimum atomic E-state index is -4.61. The number of alkyl halides is 3. The SMILES string of the molecule is Oc1c([C@H](c2cccs2)N2CCNCC2)cc(Br)cc1C(F)(F)F. The first kappa shape index (κ1) is 17.7. The van der Waals surface area contributed by atoms with Gasteiger partial charge in [-0.25, -0.2) is 0 Å². The molecule has 8 heteroatoms. The standard InChI is InChI=1S/C16H16BrF3N2OS/c17-10-8-11(15(23)12(9-10)16(18,19)20)14(13-2-1-7-24-13)22-5-3-21-4-6-22/h1-2,7-9,14,21,23H,3-6H2/t14-/m1/s1. The van der Waals surface area contributed by atoms with Crippen LogP contribution in [0.25, 0.3) is 0 Å². The Morgan fingerprint density at radius 3 is 2.54 bits per heavy atom. The van der Waals surface area contributed by atoms with Crippen LogP contribution >= 0.6 is 27.3 Å². The van der Waals surface area contributed by atoms with Gasteiger partial charge in [-0.1, -0.05) is 22.0 Å². The Labute approximate surface area is 150 Å². The number of nitrogens with zero attached hydrogens (tertiary/aromatic N) is 1. The van der Waals surface area contributed by atoms with Gasteiger partial charge in [-0.3, -0.25) is 4.90 Å². The Bertz CT molecular complexity index is 700. The lowest BCUT2D eigenvalue weighted by molar-refractivity contribution is -0.138. The number of piperazine rings is 1. The van der Waals surface area contributed by atoms with Crippen molar-refractivity contribution in [3.05, 3.63) is 50.1 Å². The second kappa shape index (κ2) is 7.03. The molecule has 3 nitrogen and oxygen atoms in total. The first-order chi connectivity index (χ1) is 11.4. The number of halogens is 4. The molecule has 2 heterocycles. The van der Waals surface area contributed by atoms with Crippen LogP contribution < -0.4 is 5.32 Å². The summed E-state index contributed by atoms with van der Waals surface area (Å²) >= 11 is 4.63. The molecule has 0 aliphatic carbocycles. The smallest absolute Gasteiger partial charge is 0.420 e. The number of benzene rings is 1. The van der Waals surface area contributed by atoms with Crippen molar-refractivity contribution in [3.63, 3.8) is 0 Å². The second-order valence-electron chi connectivity index (χ2n) is 5.59. The van der Waals surface area contributed by atoms with Crippen molar-refractivity contribution in [1.82, 2.24) is 10.2 Å². The summed E-state index contributed by atoms with van der Waals surface area (Å²) in [6.45, 7) is 2.94. The molecule has 24 heavy (non-hydrogen) atoms. The summed E-state index contributed by atoms with van der Waals surface area (Å²) in [6.07, 6.45) is -4.61. The Balaban J connectivity index is 2.12. The maximum atomic E-state index is 13.3. The van der Waals surface area contributed by atoms with E-state index in [4.69, 9.17) is 0 Å². The van der Waals surface area contributed by atoms with Crippen LogP contribution in [0.4, 0.5) is 13.2 Å². The third kappa shape index (κ3) is 3.61. The Morgan fingerprint density at radius 2 is 1.96 bits per heavy atom. The molecule has 1 aromatic heterocycles. The second-order valence-corrected chi connectivity index (χ2v) is 7.49. The molecule has 2 aromatic rings. The molecule has 3 rings (SSSR count). The fraction of sp³-hybridized carbons (Fsp3) is 0.375. The van der Waals surface area contributed by atoms with E-state index >= 15 is 0 Å². The number of hydrogen-bond donors (Lipinski definition) is 2. The minimum absolute atomic E-state index is 0.279. The van der Waals surface area contributed by atoms with Crippen molar-refractivity contribution in [2.24, 2.45) is 0 Å². The molecule has 1 fully saturated rings. The highest BCUT2D eigenvalue weighted by molar-refractivity contribution is 9.10. The fourth-order valence-electron chi connectivity index (χ4n) is 2.96. The summed E-state index contributed by atoms with van der Waals surface area (Å²) in [6, 6.07) is 5.87. The molecule has 0 amide bonds. The number of hydrogen-bond acceptors (Lipinski definition) is 4. The van der Waals surface area contributed by atoms with Gasteiger partial charge in [-0.05, 0) is 23.6 Å². The molecular formula is C16H16BrF3N2OS. The number of nitrogens with one attached hydrogen (secondary N) is 1. The van der Waals surface area contributed by atoms with Crippen LogP contribution in [0, 0.1) is 0 Å². The van der Waals surface area contributed by atoms with Gasteiger partial charge in [0.05, 0.1) is 11.6 Å². The molecule has 1 aliphatic heterocycles. The Morgan fingerprint density at radius 1 is 1.25 bits per heavy atom. The van der Waals surface area contributed by atoms with Gasteiger partial charge in [0.15, 0.2) is 0 Å². The van der Waals surface area contributed by atoms with Gasteiger partial charge in [0, 0.05) is 41.1 Å². The maximum Gasteiger partial charge on any atom is 0.420 e. The Kier molecular flexibility index (Phi) is 5.19. The van der Waals surface area contributed by atoms with Crippen LogP contribution in [-0.2, 0) is 6.18 Å². The maximum absolute atomic E-state index is 13.3. The zero-order valence-electron chi connectivity index (χ0n) is 12.6. The average Bonchev–Trinajstić information content (AvgIpc) is 3.04. The van der Waals surface area contributed by atoms with Crippen LogP contribution in [0.2, 0.25) is 0 Å². The molecule has 130 valence electrons. The summed E-state index contributed by atoms with van der Waals surface area (Å²) < 4.78 is 40.1. The van der Waals surface area contributed by atoms with Gasteiger partial charge < -0.3 is 10.4 Å². The zero-order valence-corrected chi connectivity index (χ0v) is 15.0. The highest BCUT2D eigenvalue weighted by atomic mass is 79.9. The molecule has 0 spiro atoms. The van der Waals surface area contributed by atoms with Crippen LogP contribution in [-0.4, -0.2) is 36.2 Å². The number of phenolic OH excluding ortho intramolecular Hbond substituents is 1. The summed E-state index contributed by atoms with van der Waals surface area (Å²) in [5.74, 6) is -0.692. The van der Waals surface area contributed by atoms with Gasteiger partial charge in [0.2, 0.25) is 0 Å². The van der Waals surface area contributed by atoms with E-state index in [9.17, 15) is 18.3 Å². The summed E-state index contributed by atoms with van der Waals surface area (Å²) in [5.41, 5.74) is -0.732. The molecule has 1 aliphatic rings. The van der Waals surface area contributed by atoms with E-state index in [1.54, 1.807) is 6.07 Å². The summed E-state index contributed by atoms with van der Waals surface area (Å²) in [7, 11) is 0. The molecule has 2 N–H and O–H groups in total. The summed E-state index contributed by atoms with van der Waals surface area (Å²) in [4.78, 5) is 3.02. The molecule has 1 aromatic carbocycles. The van der Waals surface area contributed by atoms with E-state index in [2.05, 4.69) is 26.1 Å². The molecule has 0 saturated carbocycles. The topological polar surface area (TPSA) is 35.5 Å². The molecule has 0 radical (unpaired) electrons. The largest absolute Gasteiger partial charge is 0.507 e. The van der Waals surface area contributed by atoms with E-state index in [0.717, 1.165) is 24.0 Å². The quantitative estimate of drug-likeness (QED) is 0.779. The molecule has 1 saturated heterocycles. The van der Waals surface area contributed by atoms with Gasteiger partial charge in [0.25, 0.3) is 0 Å². The number of thiophene rings is 1. The van der Waals surface area contributed by atoms with E-state index in [1.807, 2.05) is 17.5 Å². The lowest BCUT2D eigenvalue weighted by Crippen LogP contribution is -2.45. The predicted molar refractivity (Wildman–Crippen MR) is 91.4 cm³/mol. The van der Waals surface area contributed by atoms with Crippen LogP contribution in [0.15, 0.2) is 34.1 Å². The fourth-order valence-corrected chi connectivity index (χ4v) is 4.31. The van der Waals surface area contributed by atoms with E-state index in [-0.39, 0.29) is 5.56 Å². The minimum Gasteiger partial charge on any atom is -0.507 e. The number of phenols is 1. The highest BCUT2D eigenvalue weighted by Crippen LogP contribution is 2.44. The molecule has 0 unspecified atom stereocenters.